The van der Waals surface area contributed by atoms with E-state index < -0.39 is 0 Å². The number of fused-ring (bicyclic) bond motifs is 1. The number of nitrogens with zero attached hydrogens (tertiary/aromatic N) is 2. The Morgan fingerprint density at radius 1 is 1.23 bits per heavy atom. The Balaban J connectivity index is 1.43. The third kappa shape index (κ3) is 3.50. The molecular formula is C20H18N4OS. The van der Waals surface area contributed by atoms with Crippen LogP contribution in [0.15, 0.2) is 60.2 Å². The van der Waals surface area contributed by atoms with Crippen molar-refractivity contribution in [3.8, 4) is 10.6 Å². The molecule has 1 unspecified atom stereocenters. The molecule has 6 heteroatoms. The predicted octanol–water partition coefficient (Wildman–Crippen LogP) is 4.82. The molecule has 26 heavy (non-hydrogen) atoms. The van der Waals surface area contributed by atoms with Crippen molar-refractivity contribution in [1.82, 2.24) is 15.0 Å². The average Bonchev–Trinajstić information content (AvgIpc) is 3.30. The molecular weight excluding hydrogens is 344 g/mol. The number of imidazole rings is 1. The van der Waals surface area contributed by atoms with E-state index in [0.717, 1.165) is 27.2 Å². The summed E-state index contributed by atoms with van der Waals surface area (Å²) in [4.78, 5) is 24.2. The van der Waals surface area contributed by atoms with Crippen molar-refractivity contribution in [2.45, 2.75) is 19.3 Å². The number of carbonyl (C=O) groups is 1. The lowest BCUT2D eigenvalue weighted by molar-refractivity contribution is -0.116. The highest BCUT2D eigenvalue weighted by Gasteiger charge is 2.13. The van der Waals surface area contributed by atoms with Crippen molar-refractivity contribution in [3.05, 3.63) is 65.8 Å². The van der Waals surface area contributed by atoms with Crippen LogP contribution in [0.4, 0.5) is 5.82 Å². The van der Waals surface area contributed by atoms with Crippen LogP contribution in [0.5, 0.6) is 0 Å². The van der Waals surface area contributed by atoms with E-state index >= 15 is 0 Å². The molecule has 0 bridgehead atoms. The molecule has 0 spiro atoms. The molecule has 2 aromatic heterocycles. The van der Waals surface area contributed by atoms with Crippen LogP contribution in [0.3, 0.4) is 0 Å². The van der Waals surface area contributed by atoms with E-state index in [1.54, 1.807) is 6.33 Å². The van der Waals surface area contributed by atoms with Crippen LogP contribution in [0.25, 0.3) is 21.6 Å². The number of anilines is 1. The highest BCUT2D eigenvalue weighted by Crippen LogP contribution is 2.28. The van der Waals surface area contributed by atoms with Gasteiger partial charge in [-0.05, 0) is 29.7 Å². The van der Waals surface area contributed by atoms with Gasteiger partial charge in [0.1, 0.15) is 10.8 Å². The van der Waals surface area contributed by atoms with Gasteiger partial charge in [-0.25, -0.2) is 9.97 Å². The number of aromatic amines is 1. The van der Waals surface area contributed by atoms with Gasteiger partial charge < -0.3 is 10.3 Å². The number of nitrogens with one attached hydrogen (secondary N) is 2. The van der Waals surface area contributed by atoms with Gasteiger partial charge in [0.25, 0.3) is 0 Å². The summed E-state index contributed by atoms with van der Waals surface area (Å²) < 4.78 is 0. The second kappa shape index (κ2) is 7.09. The van der Waals surface area contributed by atoms with E-state index in [-0.39, 0.29) is 11.8 Å². The molecule has 0 aliphatic rings. The normalized spacial score (nSPS) is 12.2. The van der Waals surface area contributed by atoms with Crippen LogP contribution in [0.2, 0.25) is 0 Å². The number of hydrogen-bond acceptors (Lipinski definition) is 4. The third-order valence-electron chi connectivity index (χ3n) is 4.30. The van der Waals surface area contributed by atoms with Crippen molar-refractivity contribution in [1.29, 1.82) is 0 Å². The van der Waals surface area contributed by atoms with E-state index in [1.807, 2.05) is 53.9 Å². The SMILES string of the molecule is CC(CC(=O)Nc1csc(-c2ccc3nc[nH]c3c2)n1)c1ccccc1. The van der Waals surface area contributed by atoms with Gasteiger partial charge in [-0.2, -0.15) is 0 Å². The minimum absolute atomic E-state index is 0.0257. The Hall–Kier alpha value is -2.99. The number of benzene rings is 2. The lowest BCUT2D eigenvalue weighted by atomic mass is 9.98. The summed E-state index contributed by atoms with van der Waals surface area (Å²) in [7, 11) is 0. The van der Waals surface area contributed by atoms with Crippen LogP contribution < -0.4 is 5.32 Å². The molecule has 0 saturated carbocycles. The van der Waals surface area contributed by atoms with E-state index in [4.69, 9.17) is 0 Å². The van der Waals surface area contributed by atoms with Gasteiger partial charge in [0, 0.05) is 17.4 Å². The van der Waals surface area contributed by atoms with E-state index in [0.29, 0.717) is 12.2 Å². The summed E-state index contributed by atoms with van der Waals surface area (Å²) in [5, 5.41) is 5.65. The molecule has 0 aliphatic heterocycles. The highest BCUT2D eigenvalue weighted by atomic mass is 32.1. The zero-order chi connectivity index (χ0) is 17.9. The molecule has 1 amide bonds. The Kier molecular flexibility index (Phi) is 4.50. The Morgan fingerprint density at radius 2 is 2.08 bits per heavy atom. The highest BCUT2D eigenvalue weighted by molar-refractivity contribution is 7.13. The zero-order valence-electron chi connectivity index (χ0n) is 14.3. The van der Waals surface area contributed by atoms with Gasteiger partial charge >= 0.3 is 0 Å². The van der Waals surface area contributed by atoms with Crippen LogP contribution >= 0.6 is 11.3 Å². The molecule has 130 valence electrons. The van der Waals surface area contributed by atoms with Crippen LogP contribution in [0.1, 0.15) is 24.8 Å². The van der Waals surface area contributed by atoms with Crippen LogP contribution in [0, 0.1) is 0 Å². The summed E-state index contributed by atoms with van der Waals surface area (Å²) >= 11 is 1.51. The monoisotopic (exact) mass is 362 g/mol. The van der Waals surface area contributed by atoms with Crippen molar-refractivity contribution < 1.29 is 4.79 Å². The maximum atomic E-state index is 12.3. The van der Waals surface area contributed by atoms with Crippen molar-refractivity contribution in [2.24, 2.45) is 0 Å². The quantitative estimate of drug-likeness (QED) is 0.535. The number of H-pyrrole nitrogens is 1. The first-order valence-electron chi connectivity index (χ1n) is 8.43. The maximum absolute atomic E-state index is 12.3. The minimum atomic E-state index is -0.0257. The first kappa shape index (κ1) is 16.5. The number of hydrogen-bond donors (Lipinski definition) is 2. The molecule has 0 saturated heterocycles. The maximum Gasteiger partial charge on any atom is 0.226 e. The largest absolute Gasteiger partial charge is 0.345 e. The second-order valence-electron chi connectivity index (χ2n) is 6.24. The number of carbonyl (C=O) groups excluding carboxylic acids is 1. The summed E-state index contributed by atoms with van der Waals surface area (Å²) in [5.41, 5.74) is 4.06. The molecule has 4 rings (SSSR count). The lowest BCUT2D eigenvalue weighted by Gasteiger charge is -2.10. The van der Waals surface area contributed by atoms with Gasteiger partial charge in [-0.3, -0.25) is 4.79 Å². The summed E-state index contributed by atoms with van der Waals surface area (Å²) in [6.07, 6.45) is 2.10. The fourth-order valence-corrected chi connectivity index (χ4v) is 3.65. The minimum Gasteiger partial charge on any atom is -0.345 e. The van der Waals surface area contributed by atoms with Crippen molar-refractivity contribution in [3.63, 3.8) is 0 Å². The number of rotatable bonds is 5. The molecule has 1 atom stereocenters. The summed E-state index contributed by atoms with van der Waals surface area (Å²) in [6, 6.07) is 16.0. The first-order valence-corrected chi connectivity index (χ1v) is 9.31. The molecule has 0 radical (unpaired) electrons. The second-order valence-corrected chi connectivity index (χ2v) is 7.09. The predicted molar refractivity (Wildman–Crippen MR) is 105 cm³/mol. The van der Waals surface area contributed by atoms with E-state index in [1.165, 1.54) is 11.3 Å². The number of thiazole rings is 1. The summed E-state index contributed by atoms with van der Waals surface area (Å²) in [6.45, 7) is 2.06. The smallest absolute Gasteiger partial charge is 0.226 e. The molecule has 0 fully saturated rings. The van der Waals surface area contributed by atoms with Crippen molar-refractivity contribution >= 4 is 34.1 Å². The Labute approximate surface area is 155 Å². The van der Waals surface area contributed by atoms with Gasteiger partial charge in [0.05, 0.1) is 17.4 Å². The standard InChI is InChI=1S/C20H18N4OS/c1-13(14-5-3-2-4-6-14)9-19(25)23-18-11-26-20(24-18)15-7-8-16-17(10-15)22-12-21-16/h2-8,10-13H,9H2,1H3,(H,21,22)(H,23,25). The fourth-order valence-electron chi connectivity index (χ4n) is 2.90. The first-order chi connectivity index (χ1) is 12.7. The Morgan fingerprint density at radius 3 is 2.92 bits per heavy atom. The lowest BCUT2D eigenvalue weighted by Crippen LogP contribution is -2.14. The topological polar surface area (TPSA) is 70.7 Å². The Bertz CT molecular complexity index is 1040. The zero-order valence-corrected chi connectivity index (χ0v) is 15.1. The molecule has 2 aromatic carbocycles. The van der Waals surface area contributed by atoms with E-state index in [9.17, 15) is 4.79 Å². The molecule has 2 N–H and O–H groups in total. The number of aromatic nitrogens is 3. The average molecular weight is 362 g/mol. The fraction of sp³-hybridized carbons (Fsp3) is 0.150. The van der Waals surface area contributed by atoms with Crippen molar-refractivity contribution in [2.75, 3.05) is 5.32 Å². The number of amides is 1. The van der Waals surface area contributed by atoms with Crippen LogP contribution in [-0.4, -0.2) is 20.9 Å². The molecule has 4 aromatic rings. The van der Waals surface area contributed by atoms with Gasteiger partial charge in [-0.1, -0.05) is 37.3 Å². The molecule has 2 heterocycles. The van der Waals surface area contributed by atoms with Gasteiger partial charge in [0.15, 0.2) is 0 Å². The molecule has 5 nitrogen and oxygen atoms in total. The summed E-state index contributed by atoms with van der Waals surface area (Å²) in [5.74, 6) is 0.735. The third-order valence-corrected chi connectivity index (χ3v) is 5.19. The van der Waals surface area contributed by atoms with E-state index in [2.05, 4.69) is 27.2 Å². The molecule has 0 aliphatic carbocycles. The van der Waals surface area contributed by atoms with Gasteiger partial charge in [0.2, 0.25) is 5.91 Å². The van der Waals surface area contributed by atoms with Gasteiger partial charge in [-0.15, -0.1) is 11.3 Å². The van der Waals surface area contributed by atoms with Crippen LogP contribution in [-0.2, 0) is 4.79 Å².